The molecule has 4 aromatic rings. The van der Waals surface area contributed by atoms with Crippen LogP contribution in [0.3, 0.4) is 0 Å². The first kappa shape index (κ1) is 19.5. The zero-order valence-corrected chi connectivity index (χ0v) is 18.8. The van der Waals surface area contributed by atoms with Gasteiger partial charge in [-0.05, 0) is 48.5 Å². The van der Waals surface area contributed by atoms with E-state index in [0.717, 1.165) is 23.4 Å². The van der Waals surface area contributed by atoms with Crippen molar-refractivity contribution in [3.05, 3.63) is 79.2 Å². The second kappa shape index (κ2) is 7.91. The third-order valence-corrected chi connectivity index (χ3v) is 6.56. The molecular formula is C20H15BrClN3OS2. The van der Waals surface area contributed by atoms with Crippen molar-refractivity contribution >= 4 is 61.4 Å². The second-order valence-electron chi connectivity index (χ2n) is 6.12. The minimum atomic E-state index is -0.114. The number of aryl methyl sites for hydroxylation is 1. The van der Waals surface area contributed by atoms with Crippen LogP contribution in [0.25, 0.3) is 21.7 Å². The molecule has 0 bridgehead atoms. The second-order valence-corrected chi connectivity index (χ2v) is 8.76. The topological polar surface area (TPSA) is 39.8 Å². The minimum Gasteiger partial charge on any atom is -0.275 e. The summed E-state index contributed by atoms with van der Waals surface area (Å²) in [5, 5.41) is 1.04. The maximum atomic E-state index is 13.5. The van der Waals surface area contributed by atoms with E-state index in [0.29, 0.717) is 30.5 Å². The van der Waals surface area contributed by atoms with Gasteiger partial charge in [-0.25, -0.2) is 4.98 Å². The Morgan fingerprint density at radius 1 is 1.18 bits per heavy atom. The van der Waals surface area contributed by atoms with Crippen LogP contribution in [-0.2, 0) is 11.8 Å². The molecule has 0 saturated carbocycles. The fourth-order valence-corrected chi connectivity index (χ4v) is 5.07. The fraction of sp³-hybridized carbons (Fsp3) is 0.150. The number of para-hydroxylation sites is 1. The highest BCUT2D eigenvalue weighted by molar-refractivity contribution is 9.08. The summed E-state index contributed by atoms with van der Waals surface area (Å²) in [4.78, 5) is 18.3. The lowest BCUT2D eigenvalue weighted by molar-refractivity contribution is 0.864. The van der Waals surface area contributed by atoms with Crippen LogP contribution in [0, 0.1) is 3.95 Å². The Hall–Kier alpha value is -1.80. The summed E-state index contributed by atoms with van der Waals surface area (Å²) in [7, 11) is 0. The van der Waals surface area contributed by atoms with E-state index in [1.54, 1.807) is 10.6 Å². The molecule has 0 atom stereocenters. The smallest absolute Gasteiger partial charge is 0.275 e. The third kappa shape index (κ3) is 3.26. The van der Waals surface area contributed by atoms with E-state index in [2.05, 4.69) is 22.9 Å². The molecule has 142 valence electrons. The van der Waals surface area contributed by atoms with Gasteiger partial charge >= 0.3 is 0 Å². The molecule has 0 unspecified atom stereocenters. The molecule has 2 heterocycles. The number of rotatable bonds is 4. The molecule has 28 heavy (non-hydrogen) atoms. The van der Waals surface area contributed by atoms with E-state index in [1.807, 2.05) is 47.0 Å². The van der Waals surface area contributed by atoms with Crippen molar-refractivity contribution in [1.29, 1.82) is 0 Å². The van der Waals surface area contributed by atoms with Crippen molar-refractivity contribution in [1.82, 2.24) is 14.1 Å². The number of thiazole rings is 1. The molecule has 0 amide bonds. The Kier molecular flexibility index (Phi) is 5.51. The van der Waals surface area contributed by atoms with Gasteiger partial charge in [0.1, 0.15) is 10.5 Å². The number of hydrogen-bond acceptors (Lipinski definition) is 4. The van der Waals surface area contributed by atoms with Gasteiger partial charge in [-0.15, -0.1) is 0 Å². The van der Waals surface area contributed by atoms with Crippen molar-refractivity contribution in [2.45, 2.75) is 18.7 Å². The van der Waals surface area contributed by atoms with Crippen molar-refractivity contribution in [2.75, 3.05) is 0 Å². The number of alkyl halides is 1. The molecule has 8 heteroatoms. The molecule has 2 aromatic heterocycles. The Balaban J connectivity index is 2.08. The summed E-state index contributed by atoms with van der Waals surface area (Å²) in [5.74, 6) is 0.627. The number of aromatic nitrogens is 3. The van der Waals surface area contributed by atoms with E-state index in [9.17, 15) is 4.79 Å². The van der Waals surface area contributed by atoms with E-state index >= 15 is 0 Å². The largest absolute Gasteiger partial charge is 0.277 e. The van der Waals surface area contributed by atoms with Gasteiger partial charge in [0.05, 0.1) is 16.7 Å². The SMILES string of the molecule is CCc1ccccc1-n1c(CBr)nc2c(sc(=S)n2-c2cccc(Cl)c2)c1=O. The summed E-state index contributed by atoms with van der Waals surface area (Å²) in [6.07, 6.45) is 0.821. The molecular weight excluding hydrogens is 478 g/mol. The molecule has 0 aliphatic heterocycles. The Morgan fingerprint density at radius 3 is 2.68 bits per heavy atom. The van der Waals surface area contributed by atoms with E-state index in [1.165, 1.54) is 11.3 Å². The molecule has 0 fully saturated rings. The maximum Gasteiger partial charge on any atom is 0.277 e. The van der Waals surface area contributed by atoms with Crippen LogP contribution in [0.4, 0.5) is 0 Å². The summed E-state index contributed by atoms with van der Waals surface area (Å²) in [5.41, 5.74) is 3.18. The number of benzene rings is 2. The number of hydrogen-bond donors (Lipinski definition) is 0. The quantitative estimate of drug-likeness (QED) is 0.256. The van der Waals surface area contributed by atoms with Gasteiger partial charge in [0.15, 0.2) is 9.60 Å². The first-order valence-electron chi connectivity index (χ1n) is 8.62. The lowest BCUT2D eigenvalue weighted by Crippen LogP contribution is -2.24. The van der Waals surface area contributed by atoms with Crippen LogP contribution in [0.15, 0.2) is 53.3 Å². The average Bonchev–Trinajstić information content (AvgIpc) is 3.04. The molecule has 2 aromatic carbocycles. The normalized spacial score (nSPS) is 11.2. The number of halogens is 2. The van der Waals surface area contributed by atoms with Crippen molar-refractivity contribution in [3.8, 4) is 11.4 Å². The predicted octanol–water partition coefficient (Wildman–Crippen LogP) is 6.08. The lowest BCUT2D eigenvalue weighted by Gasteiger charge is -2.14. The maximum absolute atomic E-state index is 13.5. The van der Waals surface area contributed by atoms with Gasteiger partial charge in [-0.3, -0.25) is 13.9 Å². The van der Waals surface area contributed by atoms with Crippen LogP contribution >= 0.6 is 51.1 Å². The van der Waals surface area contributed by atoms with Crippen molar-refractivity contribution < 1.29 is 0 Å². The molecule has 0 aliphatic rings. The van der Waals surface area contributed by atoms with Crippen LogP contribution in [0.1, 0.15) is 18.3 Å². The zero-order chi connectivity index (χ0) is 19.8. The number of nitrogens with zero attached hydrogens (tertiary/aromatic N) is 3. The third-order valence-electron chi connectivity index (χ3n) is 4.48. The van der Waals surface area contributed by atoms with Crippen molar-refractivity contribution in [3.63, 3.8) is 0 Å². The van der Waals surface area contributed by atoms with Gasteiger partial charge in [-0.1, -0.05) is 70.1 Å². The molecule has 0 N–H and O–H groups in total. The van der Waals surface area contributed by atoms with Crippen LogP contribution in [0.5, 0.6) is 0 Å². The van der Waals surface area contributed by atoms with Crippen LogP contribution < -0.4 is 5.56 Å². The van der Waals surface area contributed by atoms with E-state index in [4.69, 9.17) is 28.8 Å². The summed E-state index contributed by atoms with van der Waals surface area (Å²) >= 11 is 16.5. The van der Waals surface area contributed by atoms with Crippen LogP contribution in [0.2, 0.25) is 5.02 Å². The van der Waals surface area contributed by atoms with Gasteiger partial charge in [0.25, 0.3) is 5.56 Å². The molecule has 0 aliphatic carbocycles. The molecule has 0 spiro atoms. The molecule has 4 nitrogen and oxygen atoms in total. The minimum absolute atomic E-state index is 0.114. The zero-order valence-electron chi connectivity index (χ0n) is 14.9. The predicted molar refractivity (Wildman–Crippen MR) is 122 cm³/mol. The fourth-order valence-electron chi connectivity index (χ4n) is 3.21. The highest BCUT2D eigenvalue weighted by Gasteiger charge is 2.19. The molecule has 0 radical (unpaired) electrons. The molecule has 4 rings (SSSR count). The van der Waals surface area contributed by atoms with Crippen LogP contribution in [-0.4, -0.2) is 14.1 Å². The highest BCUT2D eigenvalue weighted by atomic mass is 79.9. The Labute approximate surface area is 184 Å². The Bertz CT molecular complexity index is 1310. The van der Waals surface area contributed by atoms with Gasteiger partial charge in [-0.2, -0.15) is 0 Å². The van der Waals surface area contributed by atoms with Gasteiger partial charge in [0.2, 0.25) is 0 Å². The highest BCUT2D eigenvalue weighted by Crippen LogP contribution is 2.26. The lowest BCUT2D eigenvalue weighted by atomic mass is 10.1. The first-order chi connectivity index (χ1) is 13.5. The average molecular weight is 493 g/mol. The summed E-state index contributed by atoms with van der Waals surface area (Å²) in [6.45, 7) is 2.07. The van der Waals surface area contributed by atoms with Gasteiger partial charge in [0, 0.05) is 5.02 Å². The molecule has 0 saturated heterocycles. The standard InChI is InChI=1S/C20H15BrClN3OS2/c1-2-12-6-3-4-9-15(12)25-16(11-21)23-18-17(19(25)26)28-20(27)24(18)14-8-5-7-13(22)10-14/h3-10H,2,11H2,1H3. The van der Waals surface area contributed by atoms with E-state index < -0.39 is 0 Å². The number of fused-ring (bicyclic) bond motifs is 1. The summed E-state index contributed by atoms with van der Waals surface area (Å²) in [6, 6.07) is 15.3. The summed E-state index contributed by atoms with van der Waals surface area (Å²) < 4.78 is 4.58. The first-order valence-corrected chi connectivity index (χ1v) is 11.3. The Morgan fingerprint density at radius 2 is 1.96 bits per heavy atom. The monoisotopic (exact) mass is 491 g/mol. The van der Waals surface area contributed by atoms with E-state index in [-0.39, 0.29) is 5.56 Å². The van der Waals surface area contributed by atoms with Gasteiger partial charge < -0.3 is 0 Å². The van der Waals surface area contributed by atoms with Crippen molar-refractivity contribution in [2.24, 2.45) is 0 Å².